The summed E-state index contributed by atoms with van der Waals surface area (Å²) in [6.07, 6.45) is 1.82. The van der Waals surface area contributed by atoms with E-state index in [2.05, 4.69) is 0 Å². The lowest BCUT2D eigenvalue weighted by Crippen LogP contribution is -2.51. The molecule has 2 heterocycles. The van der Waals surface area contributed by atoms with Crippen molar-refractivity contribution < 1.29 is 18.7 Å². The van der Waals surface area contributed by atoms with Crippen molar-refractivity contribution in [2.45, 2.75) is 45.3 Å². The van der Waals surface area contributed by atoms with Crippen molar-refractivity contribution in [1.29, 1.82) is 0 Å². The Kier molecular flexibility index (Phi) is 5.91. The second kappa shape index (κ2) is 8.16. The molecule has 3 rings (SSSR count). The largest absolute Gasteiger partial charge is 0.372 e. The SMILES string of the molecule is C[C@@H]1CN(C(=O)C2CCN(C(=O)Cc3ccc(F)cc3)CC2)C[C@@H](C)O1. The van der Waals surface area contributed by atoms with Crippen LogP contribution in [0.1, 0.15) is 32.3 Å². The number of halogens is 1. The van der Waals surface area contributed by atoms with E-state index < -0.39 is 0 Å². The molecule has 142 valence electrons. The normalized spacial score (nSPS) is 24.6. The highest BCUT2D eigenvalue weighted by atomic mass is 19.1. The van der Waals surface area contributed by atoms with Crippen LogP contribution in [0.3, 0.4) is 0 Å². The molecule has 1 aromatic carbocycles. The number of carbonyl (C=O) groups is 2. The quantitative estimate of drug-likeness (QED) is 0.829. The number of hydrogen-bond acceptors (Lipinski definition) is 3. The molecule has 0 radical (unpaired) electrons. The first-order chi connectivity index (χ1) is 12.4. The summed E-state index contributed by atoms with van der Waals surface area (Å²) in [5.41, 5.74) is 0.811. The van der Waals surface area contributed by atoms with Crippen LogP contribution in [0.15, 0.2) is 24.3 Å². The number of nitrogens with zero attached hydrogens (tertiary/aromatic N) is 2. The fraction of sp³-hybridized carbons (Fsp3) is 0.600. The van der Waals surface area contributed by atoms with Crippen LogP contribution < -0.4 is 0 Å². The van der Waals surface area contributed by atoms with Crippen LogP contribution in [0.5, 0.6) is 0 Å². The molecular weight excluding hydrogens is 335 g/mol. The fourth-order valence-corrected chi connectivity index (χ4v) is 3.88. The number of benzene rings is 1. The maximum Gasteiger partial charge on any atom is 0.226 e. The predicted molar refractivity (Wildman–Crippen MR) is 96.0 cm³/mol. The molecule has 0 saturated carbocycles. The van der Waals surface area contributed by atoms with E-state index in [9.17, 15) is 14.0 Å². The van der Waals surface area contributed by atoms with Crippen LogP contribution >= 0.6 is 0 Å². The third-order valence-corrected chi connectivity index (χ3v) is 5.20. The summed E-state index contributed by atoms with van der Waals surface area (Å²) in [5, 5.41) is 0. The second-order valence-electron chi connectivity index (χ2n) is 7.46. The van der Waals surface area contributed by atoms with E-state index in [1.807, 2.05) is 23.6 Å². The maximum atomic E-state index is 13.0. The van der Waals surface area contributed by atoms with Gasteiger partial charge in [0.15, 0.2) is 0 Å². The van der Waals surface area contributed by atoms with Crippen molar-refractivity contribution in [3.05, 3.63) is 35.6 Å². The Morgan fingerprint density at radius 1 is 1.04 bits per heavy atom. The van der Waals surface area contributed by atoms with Crippen LogP contribution in [0.25, 0.3) is 0 Å². The molecule has 0 N–H and O–H groups in total. The van der Waals surface area contributed by atoms with Crippen molar-refractivity contribution in [1.82, 2.24) is 9.80 Å². The summed E-state index contributed by atoms with van der Waals surface area (Å²) in [6.45, 7) is 6.48. The third kappa shape index (κ3) is 4.61. The fourth-order valence-electron chi connectivity index (χ4n) is 3.88. The van der Waals surface area contributed by atoms with Gasteiger partial charge in [0, 0.05) is 32.1 Å². The number of amides is 2. The minimum atomic E-state index is -0.299. The van der Waals surface area contributed by atoms with Crippen molar-refractivity contribution in [2.24, 2.45) is 5.92 Å². The number of piperidine rings is 1. The lowest BCUT2D eigenvalue weighted by molar-refractivity contribution is -0.150. The van der Waals surface area contributed by atoms with E-state index in [4.69, 9.17) is 4.74 Å². The molecule has 2 aliphatic rings. The molecule has 6 heteroatoms. The molecule has 2 amide bonds. The minimum Gasteiger partial charge on any atom is -0.372 e. The maximum absolute atomic E-state index is 13.0. The summed E-state index contributed by atoms with van der Waals surface area (Å²) < 4.78 is 18.7. The molecule has 0 spiro atoms. The molecule has 0 bridgehead atoms. The smallest absolute Gasteiger partial charge is 0.226 e. The van der Waals surface area contributed by atoms with Gasteiger partial charge in [0.2, 0.25) is 11.8 Å². The number of likely N-dealkylation sites (tertiary alicyclic amines) is 1. The van der Waals surface area contributed by atoms with Gasteiger partial charge in [-0.3, -0.25) is 9.59 Å². The highest BCUT2D eigenvalue weighted by Gasteiger charge is 2.33. The summed E-state index contributed by atoms with van der Waals surface area (Å²) in [6, 6.07) is 6.03. The lowest BCUT2D eigenvalue weighted by Gasteiger charge is -2.39. The predicted octanol–water partition coefficient (Wildman–Crippen LogP) is 2.24. The number of ether oxygens (including phenoxy) is 1. The van der Waals surface area contributed by atoms with Crippen molar-refractivity contribution in [3.8, 4) is 0 Å². The van der Waals surface area contributed by atoms with Gasteiger partial charge in [-0.1, -0.05) is 12.1 Å². The zero-order valence-corrected chi connectivity index (χ0v) is 15.5. The number of hydrogen-bond donors (Lipinski definition) is 0. The summed E-state index contributed by atoms with van der Waals surface area (Å²) in [7, 11) is 0. The van der Waals surface area contributed by atoms with Gasteiger partial charge in [0.1, 0.15) is 5.82 Å². The Labute approximate surface area is 154 Å². The molecule has 0 unspecified atom stereocenters. The molecule has 2 fully saturated rings. The number of morpholine rings is 1. The third-order valence-electron chi connectivity index (χ3n) is 5.20. The second-order valence-corrected chi connectivity index (χ2v) is 7.46. The molecule has 5 nitrogen and oxygen atoms in total. The Balaban J connectivity index is 1.49. The Morgan fingerprint density at radius 3 is 2.19 bits per heavy atom. The van der Waals surface area contributed by atoms with E-state index in [0.717, 1.165) is 5.56 Å². The Morgan fingerprint density at radius 2 is 1.62 bits per heavy atom. The monoisotopic (exact) mass is 362 g/mol. The van der Waals surface area contributed by atoms with Gasteiger partial charge in [-0.25, -0.2) is 4.39 Å². The average molecular weight is 362 g/mol. The molecule has 2 atom stereocenters. The molecular formula is C20H27FN2O3. The zero-order chi connectivity index (χ0) is 18.7. The lowest BCUT2D eigenvalue weighted by atomic mass is 9.94. The van der Waals surface area contributed by atoms with E-state index in [0.29, 0.717) is 39.0 Å². The summed E-state index contributed by atoms with van der Waals surface area (Å²) in [4.78, 5) is 28.9. The van der Waals surface area contributed by atoms with Gasteiger partial charge in [-0.05, 0) is 44.4 Å². The van der Waals surface area contributed by atoms with Gasteiger partial charge in [-0.2, -0.15) is 0 Å². The standard InChI is InChI=1S/C20H27FN2O3/c1-14-12-23(13-15(2)26-14)20(25)17-7-9-22(10-8-17)19(24)11-16-3-5-18(21)6-4-16/h3-6,14-15,17H,7-13H2,1-2H3/t14-,15-/m1/s1. The van der Waals surface area contributed by atoms with Crippen LogP contribution in [-0.2, 0) is 20.7 Å². The van der Waals surface area contributed by atoms with Crippen LogP contribution in [0.2, 0.25) is 0 Å². The highest BCUT2D eigenvalue weighted by Crippen LogP contribution is 2.22. The first-order valence-corrected chi connectivity index (χ1v) is 9.39. The van der Waals surface area contributed by atoms with E-state index in [-0.39, 0.29) is 42.2 Å². The molecule has 2 saturated heterocycles. The van der Waals surface area contributed by atoms with Gasteiger partial charge in [0.25, 0.3) is 0 Å². The van der Waals surface area contributed by atoms with Crippen molar-refractivity contribution >= 4 is 11.8 Å². The van der Waals surface area contributed by atoms with E-state index >= 15 is 0 Å². The number of rotatable bonds is 3. The summed E-state index contributed by atoms with van der Waals surface area (Å²) in [5.74, 6) is -0.0802. The molecule has 26 heavy (non-hydrogen) atoms. The zero-order valence-electron chi connectivity index (χ0n) is 15.5. The highest BCUT2D eigenvalue weighted by molar-refractivity contribution is 5.81. The molecule has 0 aromatic heterocycles. The van der Waals surface area contributed by atoms with E-state index in [1.54, 1.807) is 12.1 Å². The Bertz CT molecular complexity index is 631. The van der Waals surface area contributed by atoms with E-state index in [1.165, 1.54) is 12.1 Å². The van der Waals surface area contributed by atoms with Crippen LogP contribution in [-0.4, -0.2) is 60.0 Å². The molecule has 2 aliphatic heterocycles. The number of carbonyl (C=O) groups excluding carboxylic acids is 2. The van der Waals surface area contributed by atoms with Gasteiger partial charge in [-0.15, -0.1) is 0 Å². The summed E-state index contributed by atoms with van der Waals surface area (Å²) >= 11 is 0. The molecule has 0 aliphatic carbocycles. The minimum absolute atomic E-state index is 0.0117. The molecule has 1 aromatic rings. The topological polar surface area (TPSA) is 49.9 Å². The average Bonchev–Trinajstić information content (AvgIpc) is 2.62. The van der Waals surface area contributed by atoms with Crippen molar-refractivity contribution in [2.75, 3.05) is 26.2 Å². The first kappa shape index (κ1) is 18.8. The van der Waals surface area contributed by atoms with Gasteiger partial charge in [0.05, 0.1) is 18.6 Å². The van der Waals surface area contributed by atoms with Gasteiger partial charge < -0.3 is 14.5 Å². The van der Waals surface area contributed by atoms with Crippen LogP contribution in [0, 0.1) is 11.7 Å². The Hall–Kier alpha value is -1.95. The van der Waals surface area contributed by atoms with Crippen LogP contribution in [0.4, 0.5) is 4.39 Å². The first-order valence-electron chi connectivity index (χ1n) is 9.39. The van der Waals surface area contributed by atoms with Gasteiger partial charge >= 0.3 is 0 Å². The van der Waals surface area contributed by atoms with Crippen molar-refractivity contribution in [3.63, 3.8) is 0 Å².